The number of fused-ring (bicyclic) bond motifs is 1. The third-order valence-corrected chi connectivity index (χ3v) is 5.77. The zero-order chi connectivity index (χ0) is 22.3. The largest absolute Gasteiger partial charge is 0.446 e. The van der Waals surface area contributed by atoms with Crippen molar-refractivity contribution in [2.24, 2.45) is 0 Å². The summed E-state index contributed by atoms with van der Waals surface area (Å²) in [5.41, 5.74) is -3.35. The Labute approximate surface area is 178 Å². The van der Waals surface area contributed by atoms with E-state index in [1.807, 2.05) is 0 Å². The van der Waals surface area contributed by atoms with E-state index in [1.165, 1.54) is 42.6 Å². The first-order chi connectivity index (χ1) is 14.7. The molecule has 1 saturated heterocycles. The molecule has 0 bridgehead atoms. The molecule has 0 radical (unpaired) electrons. The van der Waals surface area contributed by atoms with Gasteiger partial charge in [0.1, 0.15) is 11.9 Å². The maximum atomic E-state index is 14.5. The van der Waals surface area contributed by atoms with E-state index < -0.39 is 35.2 Å². The van der Waals surface area contributed by atoms with Crippen LogP contribution in [0.1, 0.15) is 18.4 Å². The Morgan fingerprint density at radius 2 is 1.81 bits per heavy atom. The van der Waals surface area contributed by atoms with Gasteiger partial charge in [-0.1, -0.05) is 13.0 Å². The number of aromatic nitrogens is 1. The van der Waals surface area contributed by atoms with Gasteiger partial charge in [0, 0.05) is 22.4 Å². The Morgan fingerprint density at radius 3 is 2.48 bits per heavy atom. The fourth-order valence-electron chi connectivity index (χ4n) is 3.63. The normalized spacial score (nSPS) is 17.8. The maximum absolute atomic E-state index is 14.5. The quantitative estimate of drug-likeness (QED) is 0.337. The van der Waals surface area contributed by atoms with E-state index in [0.717, 1.165) is 4.90 Å². The lowest BCUT2D eigenvalue weighted by atomic mass is 9.90. The fourth-order valence-corrected chi connectivity index (χ4v) is 4.16. The molecule has 1 aromatic heterocycles. The zero-order valence-corrected chi connectivity index (χ0v) is 16.8. The maximum Gasteiger partial charge on any atom is 0.446 e. The summed E-state index contributed by atoms with van der Waals surface area (Å²) in [7, 11) is 0. The van der Waals surface area contributed by atoms with Gasteiger partial charge in [0.25, 0.3) is 5.91 Å². The van der Waals surface area contributed by atoms with Gasteiger partial charge >= 0.3 is 11.5 Å². The van der Waals surface area contributed by atoms with Crippen LogP contribution in [0.3, 0.4) is 0 Å². The van der Waals surface area contributed by atoms with Crippen molar-refractivity contribution < 1.29 is 27.2 Å². The third kappa shape index (κ3) is 4.07. The smallest absolute Gasteiger partial charge is 0.325 e. The van der Waals surface area contributed by atoms with E-state index in [1.54, 1.807) is 19.1 Å². The minimum atomic E-state index is -4.44. The molecule has 2 aromatic carbocycles. The van der Waals surface area contributed by atoms with E-state index >= 15 is 0 Å². The lowest BCUT2D eigenvalue weighted by molar-refractivity contribution is -0.118. The Hall–Kier alpha value is -3.14. The van der Waals surface area contributed by atoms with Crippen molar-refractivity contribution >= 4 is 40.3 Å². The van der Waals surface area contributed by atoms with Crippen LogP contribution in [0.2, 0.25) is 0 Å². The number of urea groups is 1. The van der Waals surface area contributed by atoms with Gasteiger partial charge in [-0.25, -0.2) is 14.1 Å². The number of alkyl halides is 3. The van der Waals surface area contributed by atoms with Gasteiger partial charge in [-0.05, 0) is 59.8 Å². The van der Waals surface area contributed by atoms with Crippen LogP contribution in [0.25, 0.3) is 10.9 Å². The summed E-state index contributed by atoms with van der Waals surface area (Å²) >= 11 is -0.287. The van der Waals surface area contributed by atoms with Gasteiger partial charge in [-0.3, -0.25) is 9.78 Å². The van der Waals surface area contributed by atoms with Crippen LogP contribution in [0.5, 0.6) is 0 Å². The Kier molecular flexibility index (Phi) is 5.34. The molecule has 1 aliphatic rings. The van der Waals surface area contributed by atoms with Crippen LogP contribution in [0.15, 0.2) is 59.6 Å². The number of nitrogens with zero attached hydrogens (tertiary/aromatic N) is 2. The fraction of sp³-hybridized carbons (Fsp3) is 0.190. The summed E-state index contributed by atoms with van der Waals surface area (Å²) in [5, 5.41) is 2.87. The predicted molar refractivity (Wildman–Crippen MR) is 108 cm³/mol. The van der Waals surface area contributed by atoms with Gasteiger partial charge < -0.3 is 5.32 Å². The van der Waals surface area contributed by atoms with Gasteiger partial charge in [0.2, 0.25) is 0 Å². The molecule has 0 spiro atoms. The molecule has 31 heavy (non-hydrogen) atoms. The molecule has 1 N–H and O–H groups in total. The van der Waals surface area contributed by atoms with Crippen LogP contribution in [0.4, 0.5) is 28.0 Å². The SMILES string of the molecule is CC(c1ccnc2cccc(F)c12)C1NC(=O)N(c2ccc(SC(F)(F)F)cc2)C1=O. The summed E-state index contributed by atoms with van der Waals surface area (Å²) in [6.45, 7) is 1.69. The number of nitrogens with one attached hydrogen (secondary N) is 1. The Bertz CT molecular complexity index is 1160. The molecular weight excluding hydrogens is 434 g/mol. The first-order valence-corrected chi connectivity index (χ1v) is 10.0. The highest BCUT2D eigenvalue weighted by Gasteiger charge is 2.43. The number of carbonyl (C=O) groups excluding carboxylic acids is 2. The van der Waals surface area contributed by atoms with Crippen molar-refractivity contribution in [2.45, 2.75) is 29.3 Å². The second-order valence-electron chi connectivity index (χ2n) is 6.97. The average Bonchev–Trinajstić information content (AvgIpc) is 3.01. The number of pyridine rings is 1. The van der Waals surface area contributed by atoms with Crippen LogP contribution >= 0.6 is 11.8 Å². The number of carbonyl (C=O) groups is 2. The van der Waals surface area contributed by atoms with Crippen molar-refractivity contribution in [1.82, 2.24) is 10.3 Å². The molecule has 2 heterocycles. The highest BCUT2D eigenvalue weighted by Crippen LogP contribution is 2.38. The molecule has 3 amide bonds. The summed E-state index contributed by atoms with van der Waals surface area (Å²) in [5.74, 6) is -1.64. The number of hydrogen-bond donors (Lipinski definition) is 1. The summed E-state index contributed by atoms with van der Waals surface area (Å²) in [6.07, 6.45) is 1.50. The molecule has 5 nitrogen and oxygen atoms in total. The molecule has 2 unspecified atom stereocenters. The summed E-state index contributed by atoms with van der Waals surface area (Å²) < 4.78 is 52.0. The second kappa shape index (κ2) is 7.84. The molecule has 0 saturated carbocycles. The van der Waals surface area contributed by atoms with Crippen LogP contribution in [-0.2, 0) is 4.79 Å². The number of anilines is 1. The summed E-state index contributed by atoms with van der Waals surface area (Å²) in [6, 6.07) is 9.34. The lowest BCUT2D eigenvalue weighted by Gasteiger charge is -2.20. The lowest BCUT2D eigenvalue weighted by Crippen LogP contribution is -2.35. The highest BCUT2D eigenvalue weighted by atomic mass is 32.2. The number of amides is 3. The monoisotopic (exact) mass is 449 g/mol. The number of rotatable bonds is 4. The number of benzene rings is 2. The van der Waals surface area contributed by atoms with Gasteiger partial charge in [0.05, 0.1) is 11.2 Å². The molecule has 10 heteroatoms. The van der Waals surface area contributed by atoms with Crippen LogP contribution < -0.4 is 10.2 Å². The number of halogens is 4. The Balaban J connectivity index is 1.62. The van der Waals surface area contributed by atoms with Crippen LogP contribution in [-0.4, -0.2) is 28.5 Å². The van der Waals surface area contributed by atoms with Gasteiger partial charge in [-0.2, -0.15) is 13.2 Å². The first kappa shape index (κ1) is 21.1. The molecule has 2 atom stereocenters. The molecule has 4 rings (SSSR count). The van der Waals surface area contributed by atoms with Crippen molar-refractivity contribution in [3.05, 3.63) is 66.1 Å². The third-order valence-electron chi connectivity index (χ3n) is 5.04. The van der Waals surface area contributed by atoms with E-state index in [-0.39, 0.29) is 27.7 Å². The first-order valence-electron chi connectivity index (χ1n) is 9.19. The van der Waals surface area contributed by atoms with E-state index in [2.05, 4.69) is 10.3 Å². The molecule has 160 valence electrons. The van der Waals surface area contributed by atoms with Crippen molar-refractivity contribution in [2.75, 3.05) is 4.90 Å². The average molecular weight is 449 g/mol. The van der Waals surface area contributed by atoms with Crippen molar-refractivity contribution in [1.29, 1.82) is 0 Å². The van der Waals surface area contributed by atoms with Crippen molar-refractivity contribution in [3.63, 3.8) is 0 Å². The molecular formula is C21H15F4N3O2S. The van der Waals surface area contributed by atoms with Gasteiger partial charge in [-0.15, -0.1) is 0 Å². The molecule has 1 aliphatic heterocycles. The van der Waals surface area contributed by atoms with E-state index in [0.29, 0.717) is 11.1 Å². The molecule has 1 fully saturated rings. The number of thioether (sulfide) groups is 1. The topological polar surface area (TPSA) is 62.3 Å². The molecule has 0 aliphatic carbocycles. The van der Waals surface area contributed by atoms with Crippen LogP contribution in [0, 0.1) is 5.82 Å². The second-order valence-corrected chi connectivity index (χ2v) is 8.10. The molecule has 3 aromatic rings. The predicted octanol–water partition coefficient (Wildman–Crippen LogP) is 5.21. The van der Waals surface area contributed by atoms with Gasteiger partial charge in [0.15, 0.2) is 0 Å². The Morgan fingerprint density at radius 1 is 1.10 bits per heavy atom. The highest BCUT2D eigenvalue weighted by molar-refractivity contribution is 8.00. The van der Waals surface area contributed by atoms with E-state index in [9.17, 15) is 27.2 Å². The zero-order valence-electron chi connectivity index (χ0n) is 16.0. The number of imide groups is 1. The minimum absolute atomic E-state index is 0.0630. The minimum Gasteiger partial charge on any atom is -0.325 e. The van der Waals surface area contributed by atoms with E-state index in [4.69, 9.17) is 0 Å². The summed E-state index contributed by atoms with van der Waals surface area (Å²) in [4.78, 5) is 30.5. The number of hydrogen-bond acceptors (Lipinski definition) is 4. The standard InChI is InChI=1S/C21H15F4N3O2S/c1-11(14-9-10-26-16-4-2-3-15(22)17(14)16)18-19(29)28(20(30)27-18)12-5-7-13(8-6-12)31-21(23,24)25/h2-11,18H,1H3,(H,27,30). The van der Waals surface area contributed by atoms with Crippen molar-refractivity contribution in [3.8, 4) is 0 Å².